The topological polar surface area (TPSA) is 35.2 Å². The average molecular weight is 239 g/mol. The SMILES string of the molecule is CCCC1CCC(N)C(OCC(F)(F)F)C1. The molecule has 16 heavy (non-hydrogen) atoms. The number of nitrogens with two attached hydrogens (primary N) is 1. The summed E-state index contributed by atoms with van der Waals surface area (Å²) in [4.78, 5) is 0. The highest BCUT2D eigenvalue weighted by Gasteiger charge is 2.33. The van der Waals surface area contributed by atoms with Crippen LogP contribution in [0.2, 0.25) is 0 Å². The number of alkyl halides is 3. The highest BCUT2D eigenvalue weighted by molar-refractivity contribution is 4.83. The second kappa shape index (κ2) is 5.87. The molecule has 96 valence electrons. The Kier molecular flexibility index (Phi) is 5.05. The molecule has 0 aromatic rings. The van der Waals surface area contributed by atoms with Crippen LogP contribution in [0, 0.1) is 5.92 Å². The van der Waals surface area contributed by atoms with Crippen LogP contribution in [0.4, 0.5) is 13.2 Å². The molecule has 2 N–H and O–H groups in total. The fourth-order valence-electron chi connectivity index (χ4n) is 2.30. The smallest absolute Gasteiger partial charge is 0.367 e. The van der Waals surface area contributed by atoms with Crippen molar-refractivity contribution in [3.8, 4) is 0 Å². The molecule has 1 saturated carbocycles. The zero-order valence-corrected chi connectivity index (χ0v) is 9.59. The molecule has 0 saturated heterocycles. The molecule has 0 amide bonds. The first-order valence-electron chi connectivity index (χ1n) is 5.86. The maximum absolute atomic E-state index is 12.0. The Balaban J connectivity index is 2.37. The van der Waals surface area contributed by atoms with Gasteiger partial charge in [0.05, 0.1) is 6.10 Å². The zero-order chi connectivity index (χ0) is 12.2. The molecule has 1 aliphatic carbocycles. The Bertz CT molecular complexity index is 208. The van der Waals surface area contributed by atoms with Gasteiger partial charge in [-0.25, -0.2) is 0 Å². The zero-order valence-electron chi connectivity index (χ0n) is 9.59. The van der Waals surface area contributed by atoms with E-state index in [0.717, 1.165) is 25.7 Å². The van der Waals surface area contributed by atoms with Crippen LogP contribution in [0.25, 0.3) is 0 Å². The fraction of sp³-hybridized carbons (Fsp3) is 1.00. The van der Waals surface area contributed by atoms with Gasteiger partial charge in [0.25, 0.3) is 0 Å². The molecule has 1 aliphatic rings. The van der Waals surface area contributed by atoms with Crippen LogP contribution >= 0.6 is 0 Å². The third kappa shape index (κ3) is 4.70. The minimum atomic E-state index is -4.25. The fourth-order valence-corrected chi connectivity index (χ4v) is 2.30. The van der Waals surface area contributed by atoms with Crippen molar-refractivity contribution in [1.29, 1.82) is 0 Å². The summed E-state index contributed by atoms with van der Waals surface area (Å²) in [5, 5.41) is 0. The summed E-state index contributed by atoms with van der Waals surface area (Å²) < 4.78 is 40.9. The van der Waals surface area contributed by atoms with Crippen LogP contribution in [-0.4, -0.2) is 24.9 Å². The Hall–Kier alpha value is -0.290. The van der Waals surface area contributed by atoms with Crippen molar-refractivity contribution < 1.29 is 17.9 Å². The predicted octanol–water partition coefficient (Wildman–Crippen LogP) is 2.86. The molecule has 0 aliphatic heterocycles. The quantitative estimate of drug-likeness (QED) is 0.818. The van der Waals surface area contributed by atoms with Gasteiger partial charge in [0.2, 0.25) is 0 Å². The number of rotatable bonds is 4. The van der Waals surface area contributed by atoms with E-state index < -0.39 is 18.9 Å². The normalized spacial score (nSPS) is 31.7. The van der Waals surface area contributed by atoms with E-state index in [1.54, 1.807) is 0 Å². The Morgan fingerprint density at radius 2 is 2.00 bits per heavy atom. The van der Waals surface area contributed by atoms with Crippen molar-refractivity contribution in [3.63, 3.8) is 0 Å². The summed E-state index contributed by atoms with van der Waals surface area (Å²) in [6.45, 7) is 0.907. The van der Waals surface area contributed by atoms with Crippen LogP contribution in [0.1, 0.15) is 39.0 Å². The molecule has 0 heterocycles. The predicted molar refractivity (Wildman–Crippen MR) is 56.0 cm³/mol. The maximum Gasteiger partial charge on any atom is 0.411 e. The lowest BCUT2D eigenvalue weighted by Gasteiger charge is -2.34. The van der Waals surface area contributed by atoms with E-state index >= 15 is 0 Å². The van der Waals surface area contributed by atoms with Crippen molar-refractivity contribution in [2.24, 2.45) is 11.7 Å². The van der Waals surface area contributed by atoms with E-state index in [0.29, 0.717) is 12.3 Å². The highest BCUT2D eigenvalue weighted by atomic mass is 19.4. The van der Waals surface area contributed by atoms with E-state index in [9.17, 15) is 13.2 Å². The summed E-state index contributed by atoms with van der Waals surface area (Å²) in [6, 6.07) is -0.240. The first-order chi connectivity index (χ1) is 7.42. The van der Waals surface area contributed by atoms with E-state index in [1.807, 2.05) is 0 Å². The van der Waals surface area contributed by atoms with Crippen molar-refractivity contribution in [3.05, 3.63) is 0 Å². The maximum atomic E-state index is 12.0. The molecule has 1 rings (SSSR count). The minimum absolute atomic E-state index is 0.240. The molecule has 5 heteroatoms. The van der Waals surface area contributed by atoms with Gasteiger partial charge in [-0.05, 0) is 25.2 Å². The van der Waals surface area contributed by atoms with Crippen molar-refractivity contribution in [2.45, 2.75) is 57.3 Å². The molecule has 2 nitrogen and oxygen atoms in total. The van der Waals surface area contributed by atoms with Crippen LogP contribution in [0.3, 0.4) is 0 Å². The number of hydrogen-bond acceptors (Lipinski definition) is 2. The van der Waals surface area contributed by atoms with E-state index in [1.165, 1.54) is 0 Å². The number of halogens is 3. The lowest BCUT2D eigenvalue weighted by molar-refractivity contribution is -0.191. The third-order valence-corrected chi connectivity index (χ3v) is 3.11. The van der Waals surface area contributed by atoms with Gasteiger partial charge in [0.15, 0.2) is 0 Å². The number of hydrogen-bond donors (Lipinski definition) is 1. The summed E-state index contributed by atoms with van der Waals surface area (Å²) in [5.74, 6) is 0.475. The van der Waals surface area contributed by atoms with Gasteiger partial charge in [-0.3, -0.25) is 0 Å². The van der Waals surface area contributed by atoms with Crippen LogP contribution < -0.4 is 5.73 Å². The third-order valence-electron chi connectivity index (χ3n) is 3.11. The molecule has 3 atom stereocenters. The van der Waals surface area contributed by atoms with Gasteiger partial charge in [-0.15, -0.1) is 0 Å². The molecule has 0 spiro atoms. The Morgan fingerprint density at radius 1 is 1.31 bits per heavy atom. The second-order valence-corrected chi connectivity index (χ2v) is 4.60. The monoisotopic (exact) mass is 239 g/mol. The lowest BCUT2D eigenvalue weighted by atomic mass is 9.82. The molecule has 0 radical (unpaired) electrons. The summed E-state index contributed by atoms with van der Waals surface area (Å²) in [6.07, 6.45) is -0.104. The van der Waals surface area contributed by atoms with Gasteiger partial charge in [-0.1, -0.05) is 19.8 Å². The second-order valence-electron chi connectivity index (χ2n) is 4.60. The van der Waals surface area contributed by atoms with Gasteiger partial charge < -0.3 is 10.5 Å². The van der Waals surface area contributed by atoms with E-state index in [2.05, 4.69) is 6.92 Å². The molecule has 3 unspecified atom stereocenters. The van der Waals surface area contributed by atoms with Gasteiger partial charge in [0.1, 0.15) is 6.61 Å². The molecule has 1 fully saturated rings. The molecule has 0 bridgehead atoms. The van der Waals surface area contributed by atoms with E-state index in [4.69, 9.17) is 10.5 Å². The van der Waals surface area contributed by atoms with Crippen LogP contribution in [0.5, 0.6) is 0 Å². The first kappa shape index (κ1) is 13.8. The Morgan fingerprint density at radius 3 is 2.56 bits per heavy atom. The Labute approximate surface area is 94.3 Å². The van der Waals surface area contributed by atoms with Crippen molar-refractivity contribution in [2.75, 3.05) is 6.61 Å². The van der Waals surface area contributed by atoms with Gasteiger partial charge in [-0.2, -0.15) is 13.2 Å². The molecular formula is C11H20F3NO. The summed E-state index contributed by atoms with van der Waals surface area (Å²) >= 11 is 0. The molecular weight excluding hydrogens is 219 g/mol. The highest BCUT2D eigenvalue weighted by Crippen LogP contribution is 2.30. The summed E-state index contributed by atoms with van der Waals surface area (Å²) in [7, 11) is 0. The van der Waals surface area contributed by atoms with Crippen LogP contribution in [0.15, 0.2) is 0 Å². The number of ether oxygens (including phenoxy) is 1. The van der Waals surface area contributed by atoms with Crippen molar-refractivity contribution in [1.82, 2.24) is 0 Å². The minimum Gasteiger partial charge on any atom is -0.367 e. The summed E-state index contributed by atoms with van der Waals surface area (Å²) in [5.41, 5.74) is 5.77. The average Bonchev–Trinajstić information content (AvgIpc) is 2.18. The molecule has 0 aromatic carbocycles. The van der Waals surface area contributed by atoms with Gasteiger partial charge in [0, 0.05) is 6.04 Å². The lowest BCUT2D eigenvalue weighted by Crippen LogP contribution is -2.43. The largest absolute Gasteiger partial charge is 0.411 e. The first-order valence-corrected chi connectivity index (χ1v) is 5.86. The molecule has 0 aromatic heterocycles. The van der Waals surface area contributed by atoms with E-state index in [-0.39, 0.29) is 6.04 Å². The standard InChI is InChI=1S/C11H20F3NO/c1-2-3-8-4-5-9(15)10(6-8)16-7-11(12,13)14/h8-10H,2-7,15H2,1H3. The van der Waals surface area contributed by atoms with Crippen molar-refractivity contribution >= 4 is 0 Å². The van der Waals surface area contributed by atoms with Gasteiger partial charge >= 0.3 is 6.18 Å². The van der Waals surface area contributed by atoms with Crippen LogP contribution in [-0.2, 0) is 4.74 Å².